The largest absolute Gasteiger partial charge is 0.340 e. The quantitative estimate of drug-likeness (QED) is 0.867. The molecule has 2 N–H and O–H groups in total. The summed E-state index contributed by atoms with van der Waals surface area (Å²) in [5, 5.41) is 3.85. The summed E-state index contributed by atoms with van der Waals surface area (Å²) in [6.07, 6.45) is 1.83. The van der Waals surface area contributed by atoms with Gasteiger partial charge in [-0.3, -0.25) is 4.79 Å². The Morgan fingerprint density at radius 1 is 1.42 bits per heavy atom. The molecule has 1 saturated heterocycles. The molecule has 0 radical (unpaired) electrons. The number of amides is 1. The molecule has 1 aliphatic rings. The molecule has 0 spiro atoms. The van der Waals surface area contributed by atoms with E-state index in [0.29, 0.717) is 24.8 Å². The second-order valence-corrected chi connectivity index (χ2v) is 7.40. The van der Waals surface area contributed by atoms with Crippen molar-refractivity contribution >= 4 is 21.8 Å². The topological polar surface area (TPSA) is 85.2 Å². The molecule has 0 saturated carbocycles. The average Bonchev–Trinajstić information content (AvgIpc) is 3.01. The number of benzene rings is 1. The van der Waals surface area contributed by atoms with Gasteiger partial charge in [0.05, 0.1) is 5.92 Å². The molecular weight excluding hydrogens is 372 g/mol. The first-order valence-corrected chi connectivity index (χ1v) is 8.81. The number of carbonyl (C=O) groups excluding carboxylic acids is 1. The summed E-state index contributed by atoms with van der Waals surface area (Å²) in [6.45, 7) is 4.82. The van der Waals surface area contributed by atoms with Crippen LogP contribution in [-0.4, -0.2) is 34.0 Å². The minimum Gasteiger partial charge on any atom is -0.340 e. The van der Waals surface area contributed by atoms with Crippen LogP contribution < -0.4 is 5.73 Å². The van der Waals surface area contributed by atoms with E-state index in [2.05, 4.69) is 26.1 Å². The van der Waals surface area contributed by atoms with Crippen molar-refractivity contribution < 1.29 is 9.32 Å². The van der Waals surface area contributed by atoms with Gasteiger partial charge in [0.15, 0.2) is 5.82 Å². The van der Waals surface area contributed by atoms with Crippen molar-refractivity contribution in [3.8, 4) is 0 Å². The SMILES string of the molecule is Cc1noc(C2CCCN(C(=O)C(C)(N)c3ccc(Br)cc3)C2)n1. The van der Waals surface area contributed by atoms with Gasteiger partial charge in [-0.2, -0.15) is 4.98 Å². The normalized spacial score (nSPS) is 20.7. The number of halogens is 1. The van der Waals surface area contributed by atoms with E-state index in [1.807, 2.05) is 29.2 Å². The molecule has 3 rings (SSSR count). The highest BCUT2D eigenvalue weighted by molar-refractivity contribution is 9.10. The van der Waals surface area contributed by atoms with E-state index >= 15 is 0 Å². The first-order chi connectivity index (χ1) is 11.4. The molecule has 2 atom stereocenters. The third-order valence-corrected chi connectivity index (χ3v) is 5.02. The van der Waals surface area contributed by atoms with E-state index in [1.54, 1.807) is 13.8 Å². The van der Waals surface area contributed by atoms with Crippen LogP contribution in [-0.2, 0) is 10.3 Å². The zero-order valence-corrected chi connectivity index (χ0v) is 15.4. The first-order valence-electron chi connectivity index (χ1n) is 8.02. The Kier molecular flexibility index (Phi) is 4.73. The lowest BCUT2D eigenvalue weighted by Crippen LogP contribution is -2.53. The van der Waals surface area contributed by atoms with Crippen LogP contribution in [0.1, 0.15) is 43.0 Å². The summed E-state index contributed by atoms with van der Waals surface area (Å²) in [5.41, 5.74) is 6.13. The summed E-state index contributed by atoms with van der Waals surface area (Å²) >= 11 is 3.40. The van der Waals surface area contributed by atoms with E-state index < -0.39 is 5.54 Å². The number of hydrogen-bond acceptors (Lipinski definition) is 5. The van der Waals surface area contributed by atoms with Crippen LogP contribution in [0, 0.1) is 6.92 Å². The second kappa shape index (κ2) is 6.64. The van der Waals surface area contributed by atoms with Crippen molar-refractivity contribution in [3.05, 3.63) is 46.0 Å². The number of piperidine rings is 1. The van der Waals surface area contributed by atoms with E-state index in [-0.39, 0.29) is 11.8 Å². The summed E-state index contributed by atoms with van der Waals surface area (Å²) in [4.78, 5) is 19.1. The maximum absolute atomic E-state index is 13.0. The Balaban J connectivity index is 1.77. The van der Waals surface area contributed by atoms with Crippen LogP contribution in [0.3, 0.4) is 0 Å². The maximum atomic E-state index is 13.0. The average molecular weight is 393 g/mol. The van der Waals surface area contributed by atoms with Gasteiger partial charge in [0.25, 0.3) is 0 Å². The number of aromatic nitrogens is 2. The first kappa shape index (κ1) is 17.1. The van der Waals surface area contributed by atoms with Gasteiger partial charge in [-0.15, -0.1) is 0 Å². The Hall–Kier alpha value is -1.73. The molecule has 1 aromatic carbocycles. The van der Waals surface area contributed by atoms with Crippen LogP contribution in [0.25, 0.3) is 0 Å². The minimum absolute atomic E-state index is 0.0737. The number of hydrogen-bond donors (Lipinski definition) is 1. The Labute approximate surface area is 149 Å². The van der Waals surface area contributed by atoms with E-state index in [9.17, 15) is 4.79 Å². The smallest absolute Gasteiger partial charge is 0.246 e. The fourth-order valence-electron chi connectivity index (χ4n) is 3.09. The van der Waals surface area contributed by atoms with Gasteiger partial charge in [-0.05, 0) is 44.4 Å². The van der Waals surface area contributed by atoms with Gasteiger partial charge in [0.1, 0.15) is 5.54 Å². The van der Waals surface area contributed by atoms with Gasteiger partial charge >= 0.3 is 0 Å². The summed E-state index contributed by atoms with van der Waals surface area (Å²) < 4.78 is 6.24. The fourth-order valence-corrected chi connectivity index (χ4v) is 3.35. The van der Waals surface area contributed by atoms with Gasteiger partial charge in [0.2, 0.25) is 11.8 Å². The number of likely N-dealkylation sites (tertiary alicyclic amines) is 1. The molecule has 128 valence electrons. The molecular formula is C17H21BrN4O2. The van der Waals surface area contributed by atoms with Gasteiger partial charge in [0, 0.05) is 17.6 Å². The Bertz CT molecular complexity index is 726. The zero-order chi connectivity index (χ0) is 17.3. The van der Waals surface area contributed by atoms with Crippen LogP contribution in [0.2, 0.25) is 0 Å². The number of nitrogens with two attached hydrogens (primary N) is 1. The summed E-state index contributed by atoms with van der Waals surface area (Å²) in [6, 6.07) is 7.55. The molecule has 1 aliphatic heterocycles. The number of aryl methyl sites for hydroxylation is 1. The monoisotopic (exact) mass is 392 g/mol. The van der Waals surface area contributed by atoms with Gasteiger partial charge < -0.3 is 15.2 Å². The van der Waals surface area contributed by atoms with E-state index in [1.165, 1.54) is 0 Å². The third kappa shape index (κ3) is 3.37. The second-order valence-electron chi connectivity index (χ2n) is 6.48. The van der Waals surface area contributed by atoms with Crippen molar-refractivity contribution in [3.63, 3.8) is 0 Å². The van der Waals surface area contributed by atoms with Crippen molar-refractivity contribution in [2.24, 2.45) is 5.73 Å². The summed E-state index contributed by atoms with van der Waals surface area (Å²) in [5.74, 6) is 1.22. The van der Waals surface area contributed by atoms with Crippen molar-refractivity contribution in [2.75, 3.05) is 13.1 Å². The van der Waals surface area contributed by atoms with Crippen LogP contribution in [0.15, 0.2) is 33.3 Å². The lowest BCUT2D eigenvalue weighted by atomic mass is 9.89. The third-order valence-electron chi connectivity index (χ3n) is 4.49. The van der Waals surface area contributed by atoms with Gasteiger partial charge in [-0.25, -0.2) is 0 Å². The van der Waals surface area contributed by atoms with E-state index in [4.69, 9.17) is 10.3 Å². The molecule has 1 fully saturated rings. The molecule has 24 heavy (non-hydrogen) atoms. The molecule has 0 aliphatic carbocycles. The number of rotatable bonds is 3. The Morgan fingerprint density at radius 3 is 2.75 bits per heavy atom. The predicted octanol–water partition coefficient (Wildman–Crippen LogP) is 2.72. The Morgan fingerprint density at radius 2 is 2.12 bits per heavy atom. The fraction of sp³-hybridized carbons (Fsp3) is 0.471. The number of nitrogens with zero attached hydrogens (tertiary/aromatic N) is 3. The highest BCUT2D eigenvalue weighted by Gasteiger charge is 2.37. The minimum atomic E-state index is -1.06. The summed E-state index contributed by atoms with van der Waals surface area (Å²) in [7, 11) is 0. The van der Waals surface area contributed by atoms with E-state index in [0.717, 1.165) is 22.9 Å². The van der Waals surface area contributed by atoms with Crippen molar-refractivity contribution in [1.82, 2.24) is 15.0 Å². The maximum Gasteiger partial charge on any atom is 0.246 e. The van der Waals surface area contributed by atoms with Crippen LogP contribution >= 0.6 is 15.9 Å². The molecule has 2 heterocycles. The molecule has 2 unspecified atom stereocenters. The standard InChI is InChI=1S/C17H21BrN4O2/c1-11-20-15(24-21-11)12-4-3-9-22(10-12)16(23)17(2,19)13-5-7-14(18)8-6-13/h5-8,12H,3-4,9-10,19H2,1-2H3. The molecule has 6 nitrogen and oxygen atoms in total. The predicted molar refractivity (Wildman–Crippen MR) is 93.3 cm³/mol. The molecule has 1 aromatic heterocycles. The lowest BCUT2D eigenvalue weighted by molar-refractivity contribution is -0.138. The highest BCUT2D eigenvalue weighted by atomic mass is 79.9. The molecule has 0 bridgehead atoms. The van der Waals surface area contributed by atoms with Crippen LogP contribution in [0.4, 0.5) is 0 Å². The molecule has 7 heteroatoms. The van der Waals surface area contributed by atoms with Crippen molar-refractivity contribution in [2.45, 2.75) is 38.1 Å². The van der Waals surface area contributed by atoms with Crippen LogP contribution in [0.5, 0.6) is 0 Å². The molecule has 1 amide bonds. The number of carbonyl (C=O) groups is 1. The highest BCUT2D eigenvalue weighted by Crippen LogP contribution is 2.29. The molecule has 2 aromatic rings. The lowest BCUT2D eigenvalue weighted by Gasteiger charge is -2.36. The van der Waals surface area contributed by atoms with Crippen molar-refractivity contribution in [1.29, 1.82) is 0 Å². The van der Waals surface area contributed by atoms with Gasteiger partial charge in [-0.1, -0.05) is 33.2 Å². The zero-order valence-electron chi connectivity index (χ0n) is 13.8.